The van der Waals surface area contributed by atoms with E-state index in [2.05, 4.69) is 27.6 Å². The molecule has 1 rings (SSSR count). The summed E-state index contributed by atoms with van der Waals surface area (Å²) in [5.74, 6) is 0. The van der Waals surface area contributed by atoms with Crippen LogP contribution in [0.3, 0.4) is 0 Å². The van der Waals surface area contributed by atoms with Crippen molar-refractivity contribution in [3.05, 3.63) is 27.6 Å². The van der Waals surface area contributed by atoms with Crippen LogP contribution in [0.4, 0.5) is 0 Å². The zero-order valence-corrected chi connectivity index (χ0v) is 6.66. The molecule has 2 nitrogen and oxygen atoms in total. The van der Waals surface area contributed by atoms with Crippen LogP contribution in [-0.2, 0) is 0 Å². The molecular weight excluding hydrogens is 227 g/mol. The molecule has 0 aliphatic heterocycles. The lowest BCUT2D eigenvalue weighted by Gasteiger charge is -1.87. The Morgan fingerprint density at radius 1 is 1.67 bits per heavy atom. The highest BCUT2D eigenvalue weighted by molar-refractivity contribution is 14.1. The van der Waals surface area contributed by atoms with E-state index in [1.165, 1.54) is 0 Å². The molecule has 0 radical (unpaired) electrons. The average molecular weight is 230 g/mol. The molecule has 0 saturated carbocycles. The Bertz CT molecular complexity index is 251. The summed E-state index contributed by atoms with van der Waals surface area (Å²) in [5, 5.41) is 8.40. The normalized spacial score (nSPS) is 8.44. The van der Waals surface area contributed by atoms with Gasteiger partial charge < -0.3 is 0 Å². The van der Waals surface area contributed by atoms with Gasteiger partial charge in [0.15, 0.2) is 5.69 Å². The van der Waals surface area contributed by atoms with E-state index in [0.717, 1.165) is 3.57 Å². The summed E-state index contributed by atoms with van der Waals surface area (Å²) in [4.78, 5) is 3.83. The molecule has 0 unspecified atom stereocenters. The summed E-state index contributed by atoms with van der Waals surface area (Å²) >= 11 is 2.08. The molecule has 0 N–H and O–H groups in total. The predicted octanol–water partition coefficient (Wildman–Crippen LogP) is 1.56. The largest absolute Gasteiger partial charge is 0.244 e. The highest BCUT2D eigenvalue weighted by Crippen LogP contribution is 2.05. The number of nitriles is 1. The summed E-state index contributed by atoms with van der Waals surface area (Å²) in [6, 6.07) is 5.64. The number of pyridine rings is 1. The van der Waals surface area contributed by atoms with Crippen LogP contribution in [0.25, 0.3) is 0 Å². The highest BCUT2D eigenvalue weighted by atomic mass is 127. The maximum absolute atomic E-state index is 8.40. The number of halogens is 1. The highest BCUT2D eigenvalue weighted by Gasteiger charge is 1.93. The van der Waals surface area contributed by atoms with Gasteiger partial charge in [0, 0.05) is 9.77 Å². The van der Waals surface area contributed by atoms with Gasteiger partial charge in [-0.1, -0.05) is 0 Å². The first-order valence-corrected chi connectivity index (χ1v) is 3.43. The molecule has 1 heterocycles. The quantitative estimate of drug-likeness (QED) is 0.634. The van der Waals surface area contributed by atoms with Gasteiger partial charge in [-0.2, -0.15) is 5.26 Å². The first-order chi connectivity index (χ1) is 4.34. The third-order valence-electron chi connectivity index (χ3n) is 0.864. The van der Waals surface area contributed by atoms with Gasteiger partial charge in [-0.3, -0.25) is 0 Å². The lowest BCUT2D eigenvalue weighted by atomic mass is 10.4. The van der Waals surface area contributed by atoms with Gasteiger partial charge in [0.05, 0.1) is 0 Å². The topological polar surface area (TPSA) is 36.7 Å². The zero-order valence-electron chi connectivity index (χ0n) is 4.50. The fourth-order valence-corrected chi connectivity index (χ4v) is 0.935. The van der Waals surface area contributed by atoms with Gasteiger partial charge >= 0.3 is 0 Å². The SMILES string of the molecule is N#Cc1ncccc1I. The van der Waals surface area contributed by atoms with Gasteiger partial charge in [-0.25, -0.2) is 4.98 Å². The lowest BCUT2D eigenvalue weighted by Crippen LogP contribution is -1.83. The minimum atomic E-state index is 0.498. The maximum Gasteiger partial charge on any atom is 0.153 e. The monoisotopic (exact) mass is 230 g/mol. The van der Waals surface area contributed by atoms with Crippen molar-refractivity contribution in [2.75, 3.05) is 0 Å². The van der Waals surface area contributed by atoms with E-state index in [1.54, 1.807) is 6.20 Å². The van der Waals surface area contributed by atoms with E-state index in [-0.39, 0.29) is 0 Å². The molecule has 3 heteroatoms. The van der Waals surface area contributed by atoms with E-state index in [0.29, 0.717) is 5.69 Å². The van der Waals surface area contributed by atoms with Gasteiger partial charge in [0.1, 0.15) is 6.07 Å². The van der Waals surface area contributed by atoms with Crippen molar-refractivity contribution >= 4 is 22.6 Å². The van der Waals surface area contributed by atoms with Crippen molar-refractivity contribution in [3.8, 4) is 6.07 Å². The standard InChI is InChI=1S/C6H3IN2/c7-5-2-1-3-9-6(5)4-8/h1-3H. The van der Waals surface area contributed by atoms with Gasteiger partial charge in [-0.05, 0) is 34.7 Å². The van der Waals surface area contributed by atoms with Crippen LogP contribution in [0.5, 0.6) is 0 Å². The lowest BCUT2D eigenvalue weighted by molar-refractivity contribution is 1.24. The van der Waals surface area contributed by atoms with Crippen molar-refractivity contribution in [2.24, 2.45) is 0 Å². The Hall–Kier alpha value is -0.630. The van der Waals surface area contributed by atoms with E-state index >= 15 is 0 Å². The Labute approximate surface area is 66.7 Å². The summed E-state index contributed by atoms with van der Waals surface area (Å²) in [7, 11) is 0. The first kappa shape index (κ1) is 6.49. The van der Waals surface area contributed by atoms with Crippen LogP contribution in [-0.4, -0.2) is 4.98 Å². The number of hydrogen-bond acceptors (Lipinski definition) is 2. The smallest absolute Gasteiger partial charge is 0.153 e. The second-order valence-electron chi connectivity index (χ2n) is 1.45. The van der Waals surface area contributed by atoms with Crippen molar-refractivity contribution in [3.63, 3.8) is 0 Å². The van der Waals surface area contributed by atoms with Crippen LogP contribution in [0.2, 0.25) is 0 Å². The van der Waals surface area contributed by atoms with Crippen molar-refractivity contribution in [1.29, 1.82) is 5.26 Å². The summed E-state index contributed by atoms with van der Waals surface area (Å²) in [6.07, 6.45) is 1.61. The molecule has 0 aliphatic rings. The Kier molecular flexibility index (Phi) is 2.01. The van der Waals surface area contributed by atoms with Crippen LogP contribution in [0.15, 0.2) is 18.3 Å². The third kappa shape index (κ3) is 1.39. The van der Waals surface area contributed by atoms with Gasteiger partial charge in [0.2, 0.25) is 0 Å². The van der Waals surface area contributed by atoms with Crippen LogP contribution < -0.4 is 0 Å². The molecule has 0 amide bonds. The molecule has 0 bridgehead atoms. The summed E-state index contributed by atoms with van der Waals surface area (Å²) < 4.78 is 0.901. The van der Waals surface area contributed by atoms with Crippen molar-refractivity contribution in [1.82, 2.24) is 4.98 Å². The second-order valence-corrected chi connectivity index (χ2v) is 2.61. The fourth-order valence-electron chi connectivity index (χ4n) is 0.468. The molecule has 1 aromatic heterocycles. The summed E-state index contributed by atoms with van der Waals surface area (Å²) in [5.41, 5.74) is 0.498. The number of aromatic nitrogens is 1. The van der Waals surface area contributed by atoms with Crippen LogP contribution in [0.1, 0.15) is 5.69 Å². The minimum Gasteiger partial charge on any atom is -0.244 e. The third-order valence-corrected chi connectivity index (χ3v) is 1.73. The van der Waals surface area contributed by atoms with E-state index < -0.39 is 0 Å². The molecule has 0 aliphatic carbocycles. The van der Waals surface area contributed by atoms with Crippen LogP contribution >= 0.6 is 22.6 Å². The predicted molar refractivity (Wildman–Crippen MR) is 41.7 cm³/mol. The minimum absolute atomic E-state index is 0.498. The van der Waals surface area contributed by atoms with E-state index in [1.807, 2.05) is 18.2 Å². The molecule has 0 aromatic carbocycles. The Morgan fingerprint density at radius 2 is 2.44 bits per heavy atom. The molecule has 1 aromatic rings. The van der Waals surface area contributed by atoms with Crippen molar-refractivity contribution < 1.29 is 0 Å². The molecule has 0 atom stereocenters. The Balaban J connectivity index is 3.20. The maximum atomic E-state index is 8.40. The number of rotatable bonds is 0. The van der Waals surface area contributed by atoms with E-state index in [4.69, 9.17) is 5.26 Å². The average Bonchev–Trinajstić information content (AvgIpc) is 1.89. The molecule has 44 valence electrons. The fraction of sp³-hybridized carbons (Fsp3) is 0. The molecule has 9 heavy (non-hydrogen) atoms. The molecule has 0 saturated heterocycles. The van der Waals surface area contributed by atoms with Gasteiger partial charge in [-0.15, -0.1) is 0 Å². The first-order valence-electron chi connectivity index (χ1n) is 2.35. The molecular formula is C6H3IN2. The zero-order chi connectivity index (χ0) is 6.69. The molecule has 0 fully saturated rings. The van der Waals surface area contributed by atoms with Crippen molar-refractivity contribution in [2.45, 2.75) is 0 Å². The Morgan fingerprint density at radius 3 is 2.89 bits per heavy atom. The number of nitrogens with zero attached hydrogens (tertiary/aromatic N) is 2. The van der Waals surface area contributed by atoms with E-state index in [9.17, 15) is 0 Å². The number of hydrogen-bond donors (Lipinski definition) is 0. The van der Waals surface area contributed by atoms with Gasteiger partial charge in [0.25, 0.3) is 0 Å². The van der Waals surface area contributed by atoms with Crippen LogP contribution in [0, 0.1) is 14.9 Å². The molecule has 0 spiro atoms. The second kappa shape index (κ2) is 2.78. The summed E-state index contributed by atoms with van der Waals surface area (Å²) in [6.45, 7) is 0.